The van der Waals surface area contributed by atoms with Crippen LogP contribution in [0.4, 0.5) is 5.69 Å². The Kier molecular flexibility index (Phi) is 7.57. The van der Waals surface area contributed by atoms with Crippen LogP contribution in [0.5, 0.6) is 0 Å². The number of aromatic nitrogens is 1. The highest BCUT2D eigenvalue weighted by molar-refractivity contribution is 8.04. The van der Waals surface area contributed by atoms with E-state index in [0.717, 1.165) is 47.5 Å². The molecule has 3 aliphatic carbocycles. The predicted octanol–water partition coefficient (Wildman–Crippen LogP) is 11.4. The molecule has 52 heavy (non-hydrogen) atoms. The maximum Gasteiger partial charge on any atom is 0.194 e. The fourth-order valence-electron chi connectivity index (χ4n) is 8.79. The van der Waals surface area contributed by atoms with E-state index in [1.807, 2.05) is 11.8 Å². The molecule has 10 rings (SSSR count). The van der Waals surface area contributed by atoms with E-state index in [2.05, 4.69) is 180 Å². The highest BCUT2D eigenvalue weighted by Gasteiger charge is 2.48. The van der Waals surface area contributed by atoms with E-state index in [4.69, 9.17) is 4.99 Å². The molecule has 0 bridgehead atoms. The Morgan fingerprint density at radius 1 is 0.846 bits per heavy atom. The largest absolute Gasteiger partial charge is 0.347 e. The zero-order valence-corrected chi connectivity index (χ0v) is 30.0. The van der Waals surface area contributed by atoms with Crippen LogP contribution in [0, 0.1) is 11.3 Å². The molecule has 254 valence electrons. The molecule has 1 fully saturated rings. The highest BCUT2D eigenvalue weighted by Crippen LogP contribution is 2.61. The summed E-state index contributed by atoms with van der Waals surface area (Å²) in [6, 6.07) is 39.2. The summed E-state index contributed by atoms with van der Waals surface area (Å²) in [6.07, 6.45) is 21.4. The maximum atomic E-state index is 5.34. The fraction of sp³-hybridized carbons (Fsp3) is 0.170. The number of aliphatic imine (C=N–C) groups is 1. The first-order valence-electron chi connectivity index (χ1n) is 18.4. The first-order valence-corrected chi connectivity index (χ1v) is 19.3. The van der Waals surface area contributed by atoms with Crippen molar-refractivity contribution in [2.24, 2.45) is 16.3 Å². The first kappa shape index (κ1) is 31.2. The Morgan fingerprint density at radius 3 is 2.46 bits per heavy atom. The second-order valence-electron chi connectivity index (χ2n) is 14.5. The van der Waals surface area contributed by atoms with E-state index in [-0.39, 0.29) is 11.7 Å². The van der Waals surface area contributed by atoms with Crippen molar-refractivity contribution >= 4 is 39.8 Å². The number of nitrogens with zero attached hydrogens (tertiary/aromatic N) is 2. The van der Waals surface area contributed by atoms with Crippen molar-refractivity contribution in [3.05, 3.63) is 180 Å². The Hall–Kier alpha value is -5.52. The number of benzene rings is 4. The predicted molar refractivity (Wildman–Crippen MR) is 220 cm³/mol. The minimum Gasteiger partial charge on any atom is -0.347 e. The van der Waals surface area contributed by atoms with Crippen molar-refractivity contribution in [2.75, 3.05) is 5.32 Å². The van der Waals surface area contributed by atoms with E-state index >= 15 is 0 Å². The van der Waals surface area contributed by atoms with Crippen LogP contribution < -0.4 is 10.6 Å². The second kappa shape index (κ2) is 12.6. The van der Waals surface area contributed by atoms with Crippen LogP contribution in [0.1, 0.15) is 31.7 Å². The average molecular weight is 693 g/mol. The molecular weight excluding hydrogens is 653 g/mol. The fourth-order valence-corrected chi connectivity index (χ4v) is 10.5. The molecule has 2 N–H and O–H groups in total. The van der Waals surface area contributed by atoms with Crippen molar-refractivity contribution in [3.63, 3.8) is 0 Å². The SMILES string of the molecule is CC12CC=C(n3c(-c4ccccc4NC4N=C(c5ccccc5)C5=C(C=CCC5)N4)c(-c4ccccc4)c4ccccc43)C=C1SC1C=CC=CC12. The van der Waals surface area contributed by atoms with Crippen molar-refractivity contribution < 1.29 is 0 Å². The van der Waals surface area contributed by atoms with Gasteiger partial charge in [0.1, 0.15) is 0 Å². The lowest BCUT2D eigenvalue weighted by atomic mass is 9.70. The number of anilines is 1. The molecule has 5 aromatic rings. The molecule has 4 unspecified atom stereocenters. The Morgan fingerprint density at radius 2 is 1.60 bits per heavy atom. The van der Waals surface area contributed by atoms with Crippen LogP contribution in [0.25, 0.3) is 39.0 Å². The molecule has 5 aliphatic rings. The molecule has 4 atom stereocenters. The van der Waals surface area contributed by atoms with Gasteiger partial charge < -0.3 is 15.2 Å². The highest BCUT2D eigenvalue weighted by atomic mass is 32.2. The van der Waals surface area contributed by atoms with E-state index in [0.29, 0.717) is 11.2 Å². The molecule has 4 nitrogen and oxygen atoms in total. The number of nitrogens with one attached hydrogen (secondary N) is 2. The molecule has 1 aromatic heterocycles. The van der Waals surface area contributed by atoms with Gasteiger partial charge in [0.2, 0.25) is 0 Å². The molecule has 0 amide bonds. The van der Waals surface area contributed by atoms with Crippen LogP contribution >= 0.6 is 11.8 Å². The van der Waals surface area contributed by atoms with Gasteiger partial charge in [-0.3, -0.25) is 0 Å². The van der Waals surface area contributed by atoms with E-state index in [9.17, 15) is 0 Å². The summed E-state index contributed by atoms with van der Waals surface area (Å²) in [7, 11) is 0. The minimum absolute atomic E-state index is 0.104. The van der Waals surface area contributed by atoms with Crippen LogP contribution in [0.2, 0.25) is 0 Å². The summed E-state index contributed by atoms with van der Waals surface area (Å²) in [4.78, 5) is 6.82. The molecule has 2 aliphatic heterocycles. The number of hydrogen-bond acceptors (Lipinski definition) is 4. The molecule has 5 heteroatoms. The number of hydrogen-bond donors (Lipinski definition) is 2. The topological polar surface area (TPSA) is 41.4 Å². The number of thioether (sulfide) groups is 1. The second-order valence-corrected chi connectivity index (χ2v) is 15.7. The third-order valence-electron chi connectivity index (χ3n) is 11.4. The van der Waals surface area contributed by atoms with Crippen molar-refractivity contribution in [3.8, 4) is 22.4 Å². The van der Waals surface area contributed by atoms with E-state index in [1.54, 1.807) is 0 Å². The van der Waals surface area contributed by atoms with Gasteiger partial charge in [-0.2, -0.15) is 0 Å². The summed E-state index contributed by atoms with van der Waals surface area (Å²) in [6.45, 7) is 2.46. The van der Waals surface area contributed by atoms with Crippen molar-refractivity contribution in [1.82, 2.24) is 9.88 Å². The normalized spacial score (nSPS) is 24.4. The summed E-state index contributed by atoms with van der Waals surface area (Å²) in [5.74, 6) is 0.510. The van der Waals surface area contributed by atoms with Crippen molar-refractivity contribution in [2.45, 2.75) is 37.7 Å². The van der Waals surface area contributed by atoms with Gasteiger partial charge in [-0.15, -0.1) is 11.8 Å². The lowest BCUT2D eigenvalue weighted by Gasteiger charge is -2.34. The molecule has 0 spiro atoms. The number of rotatable bonds is 6. The molecule has 0 radical (unpaired) electrons. The lowest BCUT2D eigenvalue weighted by Crippen LogP contribution is -2.40. The third-order valence-corrected chi connectivity index (χ3v) is 12.9. The molecule has 4 aromatic carbocycles. The average Bonchev–Trinajstić information content (AvgIpc) is 3.70. The standard InChI is InChI=1S/C47H40N4S/c1-47-29-28-33(30-42(47)52-41-27-15-11-23-37(41)47)51-40-26-14-10-22-36(40)43(31-16-4-2-5-17-31)45(51)35-21-9-13-25-39(35)49-46-48-38-24-12-8-20-34(38)44(50-46)32-18-6-3-7-19-32/h2-7,9-19,21-28,30,37,41,46,48-49H,8,20,29H2,1H3. The smallest absolute Gasteiger partial charge is 0.194 e. The van der Waals surface area contributed by atoms with Gasteiger partial charge in [-0.05, 0) is 54.0 Å². The van der Waals surface area contributed by atoms with Gasteiger partial charge in [-0.1, -0.05) is 140 Å². The Balaban J connectivity index is 1.14. The summed E-state index contributed by atoms with van der Waals surface area (Å²) in [5, 5.41) is 9.34. The Labute approximate surface area is 309 Å². The van der Waals surface area contributed by atoms with Crippen LogP contribution in [-0.2, 0) is 0 Å². The summed E-state index contributed by atoms with van der Waals surface area (Å²) >= 11 is 2.04. The van der Waals surface area contributed by atoms with Gasteiger partial charge in [0.25, 0.3) is 0 Å². The number of allylic oxidation sites excluding steroid dienone is 10. The van der Waals surface area contributed by atoms with Gasteiger partial charge in [-0.25, -0.2) is 4.99 Å². The van der Waals surface area contributed by atoms with Crippen LogP contribution in [0.3, 0.4) is 0 Å². The van der Waals surface area contributed by atoms with Crippen LogP contribution in [-0.4, -0.2) is 21.8 Å². The quantitative estimate of drug-likeness (QED) is 0.186. The Bertz CT molecular complexity index is 2440. The molecule has 0 saturated carbocycles. The van der Waals surface area contributed by atoms with Gasteiger partial charge in [0.05, 0.1) is 16.9 Å². The van der Waals surface area contributed by atoms with Gasteiger partial charge >= 0.3 is 0 Å². The zero-order valence-electron chi connectivity index (χ0n) is 29.2. The zero-order chi connectivity index (χ0) is 34.6. The number of fused-ring (bicyclic) bond motifs is 4. The first-order chi connectivity index (χ1) is 25.7. The number of para-hydroxylation sites is 2. The summed E-state index contributed by atoms with van der Waals surface area (Å²) < 4.78 is 2.52. The minimum atomic E-state index is -0.341. The van der Waals surface area contributed by atoms with Crippen molar-refractivity contribution in [1.29, 1.82) is 0 Å². The summed E-state index contributed by atoms with van der Waals surface area (Å²) in [5.41, 5.74) is 13.0. The lowest BCUT2D eigenvalue weighted by molar-refractivity contribution is 0.323. The van der Waals surface area contributed by atoms with E-state index < -0.39 is 0 Å². The third kappa shape index (κ3) is 5.09. The van der Waals surface area contributed by atoms with Gasteiger partial charge in [0, 0.05) is 61.3 Å². The molecular formula is C47H40N4S. The maximum absolute atomic E-state index is 5.34. The molecule has 1 saturated heterocycles. The van der Waals surface area contributed by atoms with Gasteiger partial charge in [0.15, 0.2) is 6.29 Å². The molecule has 3 heterocycles. The van der Waals surface area contributed by atoms with Crippen LogP contribution in [0.15, 0.2) is 179 Å². The van der Waals surface area contributed by atoms with E-state index in [1.165, 1.54) is 43.9 Å². The monoisotopic (exact) mass is 692 g/mol.